The van der Waals surface area contributed by atoms with Crippen molar-refractivity contribution in [1.82, 2.24) is 4.90 Å². The average Bonchev–Trinajstić information content (AvgIpc) is 2.68. The fourth-order valence-electron chi connectivity index (χ4n) is 2.79. The summed E-state index contributed by atoms with van der Waals surface area (Å²) in [5.41, 5.74) is 0. The molecule has 3 fully saturated rings. The molecule has 3 aliphatic heterocycles. The van der Waals surface area contributed by atoms with Crippen molar-refractivity contribution in [3.05, 3.63) is 0 Å². The zero-order valence-corrected chi connectivity index (χ0v) is 8.41. The molecule has 3 saturated heterocycles. The summed E-state index contributed by atoms with van der Waals surface area (Å²) < 4.78 is 17.1. The molecular formula is C10H17NO3. The molecular weight excluding hydrogens is 182 g/mol. The molecule has 0 amide bonds. The first kappa shape index (κ1) is 9.09. The lowest BCUT2D eigenvalue weighted by atomic mass is 9.94. The van der Waals surface area contributed by atoms with Crippen LogP contribution in [0.15, 0.2) is 0 Å². The monoisotopic (exact) mass is 199 g/mol. The minimum Gasteiger partial charge on any atom is -0.360 e. The normalized spacial score (nSPS) is 37.3. The minimum absolute atomic E-state index is 0.424. The lowest BCUT2D eigenvalue weighted by Crippen LogP contribution is -2.62. The number of piperidine rings is 1. The summed E-state index contributed by atoms with van der Waals surface area (Å²) in [5, 5.41) is 0. The Bertz CT molecular complexity index is 213. The fourth-order valence-corrected chi connectivity index (χ4v) is 2.79. The van der Waals surface area contributed by atoms with E-state index in [2.05, 4.69) is 4.90 Å². The Balaban J connectivity index is 1.82. The quantitative estimate of drug-likeness (QED) is 0.571. The third-order valence-corrected chi connectivity index (χ3v) is 3.46. The van der Waals surface area contributed by atoms with Gasteiger partial charge in [0.1, 0.15) is 6.61 Å². The maximum Gasteiger partial charge on any atom is 0.208 e. The molecule has 0 aliphatic carbocycles. The lowest BCUT2D eigenvalue weighted by molar-refractivity contribution is -0.280. The van der Waals surface area contributed by atoms with Gasteiger partial charge >= 0.3 is 0 Å². The Kier molecular flexibility index (Phi) is 2.24. The van der Waals surface area contributed by atoms with Gasteiger partial charge in [-0.25, -0.2) is 0 Å². The standard InChI is InChI=1S/C10H17NO3/c1-2-4-11-8-12-7-10(9(11)3-1)13-5-6-14-10/h9H,1-8H2. The first-order valence-electron chi connectivity index (χ1n) is 5.50. The maximum atomic E-state index is 5.76. The highest BCUT2D eigenvalue weighted by Gasteiger charge is 2.50. The Morgan fingerprint density at radius 1 is 1.14 bits per heavy atom. The molecule has 1 atom stereocenters. The molecule has 0 aromatic heterocycles. The zero-order valence-electron chi connectivity index (χ0n) is 8.41. The van der Waals surface area contributed by atoms with Crippen LogP contribution in [0, 0.1) is 0 Å². The fraction of sp³-hybridized carbons (Fsp3) is 1.00. The molecule has 0 N–H and O–H groups in total. The second-order valence-electron chi connectivity index (χ2n) is 4.31. The molecule has 4 nitrogen and oxygen atoms in total. The summed E-state index contributed by atoms with van der Waals surface area (Å²) in [6.45, 7) is 3.91. The van der Waals surface area contributed by atoms with Crippen LogP contribution in [0.3, 0.4) is 0 Å². The highest BCUT2D eigenvalue weighted by molar-refractivity contribution is 4.93. The van der Waals surface area contributed by atoms with Crippen LogP contribution in [0.2, 0.25) is 0 Å². The van der Waals surface area contributed by atoms with Crippen LogP contribution < -0.4 is 0 Å². The topological polar surface area (TPSA) is 30.9 Å². The van der Waals surface area contributed by atoms with Crippen molar-refractivity contribution in [2.45, 2.75) is 31.1 Å². The van der Waals surface area contributed by atoms with Crippen LogP contribution in [0.5, 0.6) is 0 Å². The molecule has 3 rings (SSSR count). The molecule has 1 unspecified atom stereocenters. The molecule has 0 radical (unpaired) electrons. The van der Waals surface area contributed by atoms with E-state index in [9.17, 15) is 0 Å². The molecule has 3 heterocycles. The smallest absolute Gasteiger partial charge is 0.208 e. The molecule has 80 valence electrons. The van der Waals surface area contributed by atoms with Gasteiger partial charge in [0.25, 0.3) is 0 Å². The Hall–Kier alpha value is -0.160. The summed E-state index contributed by atoms with van der Waals surface area (Å²) >= 11 is 0. The third kappa shape index (κ3) is 1.29. The summed E-state index contributed by atoms with van der Waals surface area (Å²) in [6.07, 6.45) is 3.74. The second kappa shape index (κ2) is 3.45. The van der Waals surface area contributed by atoms with Gasteiger partial charge in [-0.2, -0.15) is 0 Å². The van der Waals surface area contributed by atoms with Gasteiger partial charge in [-0.15, -0.1) is 0 Å². The van der Waals surface area contributed by atoms with Gasteiger partial charge in [-0.05, 0) is 12.8 Å². The predicted molar refractivity (Wildman–Crippen MR) is 49.8 cm³/mol. The van der Waals surface area contributed by atoms with Crippen LogP contribution in [0.4, 0.5) is 0 Å². The molecule has 1 spiro atoms. The minimum atomic E-state index is -0.432. The van der Waals surface area contributed by atoms with Gasteiger partial charge in [0.2, 0.25) is 5.79 Å². The zero-order chi connectivity index (χ0) is 9.43. The van der Waals surface area contributed by atoms with E-state index in [0.717, 1.165) is 13.3 Å². The van der Waals surface area contributed by atoms with E-state index in [1.54, 1.807) is 0 Å². The van der Waals surface area contributed by atoms with Gasteiger partial charge < -0.3 is 14.2 Å². The third-order valence-electron chi connectivity index (χ3n) is 3.46. The van der Waals surface area contributed by atoms with Gasteiger partial charge in [0, 0.05) is 6.54 Å². The van der Waals surface area contributed by atoms with Crippen molar-refractivity contribution in [3.8, 4) is 0 Å². The number of ether oxygens (including phenoxy) is 3. The van der Waals surface area contributed by atoms with Crippen LogP contribution in [0.1, 0.15) is 19.3 Å². The molecule has 0 aromatic carbocycles. The Morgan fingerprint density at radius 2 is 2.00 bits per heavy atom. The largest absolute Gasteiger partial charge is 0.360 e. The number of hydrogen-bond acceptors (Lipinski definition) is 4. The van der Waals surface area contributed by atoms with E-state index in [-0.39, 0.29) is 0 Å². The second-order valence-corrected chi connectivity index (χ2v) is 4.31. The molecule has 14 heavy (non-hydrogen) atoms. The van der Waals surface area contributed by atoms with Crippen molar-refractivity contribution in [2.75, 3.05) is 33.1 Å². The number of nitrogens with zero attached hydrogens (tertiary/aromatic N) is 1. The van der Waals surface area contributed by atoms with Crippen LogP contribution in [-0.4, -0.2) is 49.8 Å². The van der Waals surface area contributed by atoms with E-state index in [1.165, 1.54) is 19.3 Å². The maximum absolute atomic E-state index is 5.76. The predicted octanol–water partition coefficient (Wildman–Crippen LogP) is 0.572. The molecule has 3 aliphatic rings. The van der Waals surface area contributed by atoms with E-state index in [0.29, 0.717) is 25.9 Å². The van der Waals surface area contributed by atoms with E-state index < -0.39 is 5.79 Å². The Morgan fingerprint density at radius 3 is 2.86 bits per heavy atom. The Labute approximate surface area is 84.1 Å². The van der Waals surface area contributed by atoms with Crippen molar-refractivity contribution in [3.63, 3.8) is 0 Å². The first-order chi connectivity index (χ1) is 6.91. The number of rotatable bonds is 0. The summed E-state index contributed by atoms with van der Waals surface area (Å²) in [7, 11) is 0. The van der Waals surface area contributed by atoms with Crippen molar-refractivity contribution >= 4 is 0 Å². The summed E-state index contributed by atoms with van der Waals surface area (Å²) in [5.74, 6) is -0.432. The van der Waals surface area contributed by atoms with Crippen molar-refractivity contribution in [2.24, 2.45) is 0 Å². The average molecular weight is 199 g/mol. The van der Waals surface area contributed by atoms with Gasteiger partial charge in [0.15, 0.2) is 0 Å². The SMILES string of the molecule is C1CCN2COCC3(OCCO3)C2C1. The summed E-state index contributed by atoms with van der Waals surface area (Å²) in [6, 6.07) is 0.424. The van der Waals surface area contributed by atoms with E-state index in [4.69, 9.17) is 14.2 Å². The molecule has 4 heteroatoms. The van der Waals surface area contributed by atoms with Crippen molar-refractivity contribution < 1.29 is 14.2 Å². The van der Waals surface area contributed by atoms with Crippen molar-refractivity contribution in [1.29, 1.82) is 0 Å². The molecule has 0 saturated carbocycles. The highest BCUT2D eigenvalue weighted by Crippen LogP contribution is 2.35. The van der Waals surface area contributed by atoms with E-state index in [1.807, 2.05) is 0 Å². The first-order valence-corrected chi connectivity index (χ1v) is 5.50. The highest BCUT2D eigenvalue weighted by atomic mass is 16.8. The molecule has 0 bridgehead atoms. The molecule has 0 aromatic rings. The van der Waals surface area contributed by atoms with Crippen LogP contribution in [0.25, 0.3) is 0 Å². The van der Waals surface area contributed by atoms with Gasteiger partial charge in [0.05, 0.1) is 26.0 Å². The number of fused-ring (bicyclic) bond motifs is 2. The lowest BCUT2D eigenvalue weighted by Gasteiger charge is -2.48. The van der Waals surface area contributed by atoms with Gasteiger partial charge in [-0.3, -0.25) is 4.90 Å². The van der Waals surface area contributed by atoms with Crippen LogP contribution in [-0.2, 0) is 14.2 Å². The van der Waals surface area contributed by atoms with Crippen LogP contribution >= 0.6 is 0 Å². The summed E-state index contributed by atoms with van der Waals surface area (Å²) in [4.78, 5) is 2.36. The number of hydrogen-bond donors (Lipinski definition) is 0. The van der Waals surface area contributed by atoms with E-state index >= 15 is 0 Å². The van der Waals surface area contributed by atoms with Gasteiger partial charge in [-0.1, -0.05) is 6.42 Å².